The fourth-order valence-corrected chi connectivity index (χ4v) is 1.56. The van der Waals surface area contributed by atoms with Crippen LogP contribution in [0.2, 0.25) is 0 Å². The van der Waals surface area contributed by atoms with Crippen LogP contribution in [0.3, 0.4) is 0 Å². The van der Waals surface area contributed by atoms with Gasteiger partial charge in [0.15, 0.2) is 0 Å². The first-order valence-corrected chi connectivity index (χ1v) is 4.67. The highest BCUT2D eigenvalue weighted by Crippen LogP contribution is 2.46. The molecule has 0 aromatic rings. The van der Waals surface area contributed by atoms with Gasteiger partial charge in [-0.3, -0.25) is 4.79 Å². The third-order valence-electron chi connectivity index (χ3n) is 2.57. The molecule has 2 saturated carbocycles. The second-order valence-corrected chi connectivity index (χ2v) is 4.13. The lowest BCUT2D eigenvalue weighted by Crippen LogP contribution is -2.40. The fraction of sp³-hybridized carbons (Fsp3) is 0.750. The van der Waals surface area contributed by atoms with Crippen molar-refractivity contribution in [2.75, 3.05) is 0 Å². The lowest BCUT2D eigenvalue weighted by atomic mass is 10.1. The van der Waals surface area contributed by atoms with E-state index in [1.165, 1.54) is 0 Å². The summed E-state index contributed by atoms with van der Waals surface area (Å²) in [4.78, 5) is 11.9. The number of amides is 1. The molecule has 2 fully saturated rings. The van der Waals surface area contributed by atoms with Gasteiger partial charge in [-0.25, -0.2) is 0 Å². The van der Waals surface area contributed by atoms with E-state index in [0.717, 1.165) is 25.7 Å². The molecule has 0 aromatic heterocycles. The zero-order valence-electron chi connectivity index (χ0n) is 6.80. The molecule has 0 unspecified atom stereocenters. The largest absolute Gasteiger partial charge is 0.392 e. The van der Waals surface area contributed by atoms with Crippen molar-refractivity contribution in [1.29, 1.82) is 0 Å². The summed E-state index contributed by atoms with van der Waals surface area (Å²) in [5, 5.41) is 2.93. The van der Waals surface area contributed by atoms with Gasteiger partial charge in [-0.05, 0) is 25.7 Å². The molecule has 0 bridgehead atoms. The highest BCUT2D eigenvalue weighted by molar-refractivity contribution is 7.80. The molecule has 2 aliphatic rings. The number of nitrogens with two attached hydrogens (primary N) is 1. The normalized spacial score (nSPS) is 24.7. The predicted octanol–water partition coefficient (Wildman–Crippen LogP) is 0.331. The zero-order chi connectivity index (χ0) is 8.77. The topological polar surface area (TPSA) is 55.1 Å². The summed E-state index contributed by atoms with van der Waals surface area (Å²) in [5.74, 6) is 0.0532. The highest BCUT2D eigenvalue weighted by atomic mass is 32.1. The maximum Gasteiger partial charge on any atom is 0.233 e. The number of hydrogen-bond donors (Lipinski definition) is 2. The summed E-state index contributed by atoms with van der Waals surface area (Å²) >= 11 is 4.86. The fourth-order valence-electron chi connectivity index (χ4n) is 1.26. The van der Waals surface area contributed by atoms with Gasteiger partial charge >= 0.3 is 0 Å². The molecule has 0 spiro atoms. The van der Waals surface area contributed by atoms with Crippen molar-refractivity contribution < 1.29 is 4.79 Å². The molecular weight excluding hydrogens is 172 g/mol. The van der Waals surface area contributed by atoms with Crippen LogP contribution in [0.15, 0.2) is 0 Å². The Bertz CT molecular complexity index is 243. The number of rotatable bonds is 3. The first-order chi connectivity index (χ1) is 5.65. The van der Waals surface area contributed by atoms with Gasteiger partial charge in [-0.2, -0.15) is 0 Å². The number of thiocarbonyl (C=S) groups is 1. The van der Waals surface area contributed by atoms with E-state index in [1.54, 1.807) is 0 Å². The van der Waals surface area contributed by atoms with Crippen LogP contribution in [0, 0.1) is 5.41 Å². The quantitative estimate of drug-likeness (QED) is 0.621. The Balaban J connectivity index is 1.97. The summed E-state index contributed by atoms with van der Waals surface area (Å²) in [7, 11) is 0. The van der Waals surface area contributed by atoms with Gasteiger partial charge in [0.2, 0.25) is 5.91 Å². The lowest BCUT2D eigenvalue weighted by molar-refractivity contribution is -0.124. The van der Waals surface area contributed by atoms with Crippen LogP contribution in [0.1, 0.15) is 25.7 Å². The van der Waals surface area contributed by atoms with E-state index in [-0.39, 0.29) is 5.91 Å². The van der Waals surface area contributed by atoms with Crippen molar-refractivity contribution in [2.45, 2.75) is 31.7 Å². The zero-order valence-corrected chi connectivity index (χ0v) is 7.62. The van der Waals surface area contributed by atoms with E-state index in [4.69, 9.17) is 18.0 Å². The van der Waals surface area contributed by atoms with Crippen molar-refractivity contribution in [3.63, 3.8) is 0 Å². The van der Waals surface area contributed by atoms with Gasteiger partial charge in [-0.15, -0.1) is 0 Å². The predicted molar refractivity (Wildman–Crippen MR) is 49.6 cm³/mol. The Labute approximate surface area is 76.7 Å². The molecule has 2 aliphatic carbocycles. The van der Waals surface area contributed by atoms with E-state index < -0.39 is 5.41 Å². The average molecular weight is 184 g/mol. The average Bonchev–Trinajstić information content (AvgIpc) is 2.83. The molecular formula is C8H12N2OS. The molecule has 0 radical (unpaired) electrons. The molecule has 2 rings (SSSR count). The molecule has 0 saturated heterocycles. The van der Waals surface area contributed by atoms with Gasteiger partial charge in [0.05, 0.1) is 10.4 Å². The number of nitrogens with one attached hydrogen (secondary N) is 1. The van der Waals surface area contributed by atoms with Crippen LogP contribution in [0.5, 0.6) is 0 Å². The molecule has 4 heteroatoms. The Morgan fingerprint density at radius 3 is 2.42 bits per heavy atom. The van der Waals surface area contributed by atoms with E-state index >= 15 is 0 Å². The van der Waals surface area contributed by atoms with Crippen molar-refractivity contribution in [3.8, 4) is 0 Å². The molecule has 0 heterocycles. The lowest BCUT2D eigenvalue weighted by Gasteiger charge is -2.12. The standard InChI is InChI=1S/C8H12N2OS/c9-6(12)8(3-4-8)7(11)10-5-1-2-5/h5H,1-4H2,(H2,9,12)(H,10,11). The molecule has 0 aromatic carbocycles. The van der Waals surface area contributed by atoms with E-state index in [0.29, 0.717) is 11.0 Å². The molecule has 3 nitrogen and oxygen atoms in total. The van der Waals surface area contributed by atoms with E-state index in [2.05, 4.69) is 5.32 Å². The smallest absolute Gasteiger partial charge is 0.233 e. The number of carbonyl (C=O) groups excluding carboxylic acids is 1. The Morgan fingerprint density at radius 2 is 2.08 bits per heavy atom. The van der Waals surface area contributed by atoms with Crippen molar-refractivity contribution in [1.82, 2.24) is 5.32 Å². The number of carbonyl (C=O) groups is 1. The minimum Gasteiger partial charge on any atom is -0.392 e. The monoisotopic (exact) mass is 184 g/mol. The summed E-state index contributed by atoms with van der Waals surface area (Å²) in [5.41, 5.74) is 5.04. The molecule has 12 heavy (non-hydrogen) atoms. The first-order valence-electron chi connectivity index (χ1n) is 4.26. The van der Waals surface area contributed by atoms with Crippen LogP contribution >= 0.6 is 12.2 Å². The molecule has 0 aliphatic heterocycles. The van der Waals surface area contributed by atoms with Crippen LogP contribution < -0.4 is 11.1 Å². The second-order valence-electron chi connectivity index (χ2n) is 3.69. The Hall–Kier alpha value is -0.640. The summed E-state index contributed by atoms with van der Waals surface area (Å²) in [6, 6.07) is 0.407. The minimum atomic E-state index is -0.460. The van der Waals surface area contributed by atoms with E-state index in [1.807, 2.05) is 0 Å². The van der Waals surface area contributed by atoms with Gasteiger partial charge in [0, 0.05) is 6.04 Å². The highest BCUT2D eigenvalue weighted by Gasteiger charge is 2.53. The molecule has 0 atom stereocenters. The van der Waals surface area contributed by atoms with Crippen LogP contribution in [0.4, 0.5) is 0 Å². The summed E-state index contributed by atoms with van der Waals surface area (Å²) in [6.45, 7) is 0. The number of hydrogen-bond acceptors (Lipinski definition) is 2. The molecule has 66 valence electrons. The molecule has 1 amide bonds. The van der Waals surface area contributed by atoms with Gasteiger partial charge in [0.1, 0.15) is 0 Å². The summed E-state index contributed by atoms with van der Waals surface area (Å²) < 4.78 is 0. The maximum absolute atomic E-state index is 11.5. The van der Waals surface area contributed by atoms with Crippen molar-refractivity contribution in [2.24, 2.45) is 11.1 Å². The Morgan fingerprint density at radius 1 is 1.50 bits per heavy atom. The summed E-state index contributed by atoms with van der Waals surface area (Å²) in [6.07, 6.45) is 3.89. The van der Waals surface area contributed by atoms with Crippen molar-refractivity contribution >= 4 is 23.1 Å². The van der Waals surface area contributed by atoms with Crippen LogP contribution in [0.25, 0.3) is 0 Å². The van der Waals surface area contributed by atoms with Gasteiger partial charge in [-0.1, -0.05) is 12.2 Å². The third-order valence-corrected chi connectivity index (χ3v) is 2.96. The van der Waals surface area contributed by atoms with Gasteiger partial charge in [0.25, 0.3) is 0 Å². The Kier molecular flexibility index (Phi) is 1.61. The van der Waals surface area contributed by atoms with Gasteiger partial charge < -0.3 is 11.1 Å². The maximum atomic E-state index is 11.5. The van der Waals surface area contributed by atoms with Crippen molar-refractivity contribution in [3.05, 3.63) is 0 Å². The molecule has 3 N–H and O–H groups in total. The first kappa shape index (κ1) is 7.98. The second kappa shape index (κ2) is 2.42. The van der Waals surface area contributed by atoms with Crippen LogP contribution in [-0.4, -0.2) is 16.9 Å². The SMILES string of the molecule is NC(=S)C1(C(=O)NC2CC2)CC1. The minimum absolute atomic E-state index is 0.0532. The third kappa shape index (κ3) is 1.20. The van der Waals surface area contributed by atoms with E-state index in [9.17, 15) is 4.79 Å². The van der Waals surface area contributed by atoms with Crippen LogP contribution in [-0.2, 0) is 4.79 Å².